The summed E-state index contributed by atoms with van der Waals surface area (Å²) in [6.45, 7) is -0.295. The summed E-state index contributed by atoms with van der Waals surface area (Å²) in [7, 11) is 0. The molecule has 68 heavy (non-hydrogen) atoms. The fraction of sp³-hybridized carbons (Fsp3) is 0.217. The van der Waals surface area contributed by atoms with Gasteiger partial charge in [0, 0.05) is 60.5 Å². The van der Waals surface area contributed by atoms with Crippen LogP contribution >= 0.6 is 0 Å². The topological polar surface area (TPSA) is 298 Å². The van der Waals surface area contributed by atoms with Crippen molar-refractivity contribution in [1.82, 2.24) is 19.1 Å². The lowest BCUT2D eigenvalue weighted by atomic mass is 10.0. The number of aromatic amines is 2. The lowest BCUT2D eigenvalue weighted by Crippen LogP contribution is -2.36. The first-order valence-corrected chi connectivity index (χ1v) is 20.8. The van der Waals surface area contributed by atoms with E-state index < -0.39 is 55.2 Å². The molecule has 0 saturated heterocycles. The summed E-state index contributed by atoms with van der Waals surface area (Å²) >= 11 is 0. The Morgan fingerprint density at radius 1 is 0.618 bits per heavy atom. The van der Waals surface area contributed by atoms with Gasteiger partial charge in [0.05, 0.1) is 66.2 Å². The summed E-state index contributed by atoms with van der Waals surface area (Å²) in [5, 5.41) is 9.23. The number of aromatic nitrogens is 4. The Labute approximate surface area is 380 Å². The average Bonchev–Trinajstić information content (AvgIpc) is 4.19. The first-order chi connectivity index (χ1) is 33.0. The number of esters is 6. The summed E-state index contributed by atoms with van der Waals surface area (Å²) in [5.41, 5.74) is 10.4. The number of ether oxygens (including phenoxy) is 6. The number of nitrogens with two attached hydrogens (primary N) is 1. The van der Waals surface area contributed by atoms with Gasteiger partial charge < -0.3 is 66.9 Å². The summed E-state index contributed by atoms with van der Waals surface area (Å²) in [6.07, 6.45) is 4.39. The van der Waals surface area contributed by atoms with Crippen LogP contribution in [0.2, 0.25) is 0 Å². The average molecular weight is 934 g/mol. The maximum absolute atomic E-state index is 13.8. The highest BCUT2D eigenvalue weighted by atomic mass is 16.6. The third kappa shape index (κ3) is 9.08. The molecule has 5 N–H and O–H groups in total. The van der Waals surface area contributed by atoms with E-state index in [1.165, 1.54) is 58.3 Å². The Hall–Kier alpha value is -8.76. The van der Waals surface area contributed by atoms with E-state index in [1.807, 2.05) is 0 Å². The van der Waals surface area contributed by atoms with Gasteiger partial charge in [-0.15, -0.1) is 0 Å². The number of aliphatic hydroxyl groups excluding tert-OH is 1. The fourth-order valence-corrected chi connectivity index (χ4v) is 7.28. The third-order valence-corrected chi connectivity index (χ3v) is 10.6. The molecule has 0 aliphatic heterocycles. The first kappa shape index (κ1) is 44.4. The van der Waals surface area contributed by atoms with Gasteiger partial charge in [0.2, 0.25) is 0 Å². The molecule has 350 valence electrons. The second kappa shape index (κ2) is 19.0. The summed E-state index contributed by atoms with van der Waals surface area (Å²) in [5.74, 6) is -4.19. The molecule has 9 rings (SSSR count). The maximum Gasteiger partial charge on any atom is 0.355 e. The number of furan rings is 4. The smallest absolute Gasteiger partial charge is 0.355 e. The monoisotopic (exact) mass is 933 g/mol. The van der Waals surface area contributed by atoms with Crippen LogP contribution in [0.25, 0.3) is 55.7 Å². The van der Waals surface area contributed by atoms with Gasteiger partial charge in [0.15, 0.2) is 35.8 Å². The van der Waals surface area contributed by atoms with Crippen molar-refractivity contribution < 1.29 is 80.0 Å². The molecule has 1 unspecified atom stereocenters. The molecule has 1 aromatic carbocycles. The van der Waals surface area contributed by atoms with E-state index in [0.29, 0.717) is 49.9 Å². The van der Waals surface area contributed by atoms with E-state index >= 15 is 0 Å². The zero-order valence-corrected chi connectivity index (χ0v) is 35.8. The molecule has 0 bridgehead atoms. The maximum atomic E-state index is 13.8. The summed E-state index contributed by atoms with van der Waals surface area (Å²) in [4.78, 5) is 83.4. The minimum atomic E-state index is -1.28. The Bertz CT molecular complexity index is 3290. The van der Waals surface area contributed by atoms with Crippen LogP contribution in [-0.2, 0) is 53.1 Å². The Balaban J connectivity index is 0.907. The predicted molar refractivity (Wildman–Crippen MR) is 232 cm³/mol. The lowest BCUT2D eigenvalue weighted by molar-refractivity contribution is -0.149. The molecule has 0 fully saturated rings. The SMILES string of the molecule is CCOC(=O)c1cc2occc2n1COC(=O)c1cc(CCOC(=O)c2cc3occc3n2COC(=O)C(N)CO)cc(-c2cc3[nH]c(C(=O)OCCOC(=O)c4cc5occc5[nH]4)cc3o2)c1. The van der Waals surface area contributed by atoms with Crippen LogP contribution in [0.5, 0.6) is 0 Å². The Kier molecular flexibility index (Phi) is 12.4. The van der Waals surface area contributed by atoms with Gasteiger partial charge in [0.1, 0.15) is 47.8 Å². The molecule has 0 aliphatic rings. The van der Waals surface area contributed by atoms with Crippen molar-refractivity contribution >= 4 is 80.2 Å². The number of fused-ring (bicyclic) bond motifs is 4. The minimum Gasteiger partial charge on any atom is -0.463 e. The van der Waals surface area contributed by atoms with Gasteiger partial charge in [0.25, 0.3) is 0 Å². The number of H-pyrrole nitrogens is 2. The zero-order chi connectivity index (χ0) is 47.5. The van der Waals surface area contributed by atoms with Gasteiger partial charge in [-0.05, 0) is 30.7 Å². The van der Waals surface area contributed by atoms with E-state index in [9.17, 15) is 33.9 Å². The highest BCUT2D eigenvalue weighted by molar-refractivity contribution is 5.97. The first-order valence-electron chi connectivity index (χ1n) is 20.8. The predicted octanol–water partition coefficient (Wildman–Crippen LogP) is 5.82. The largest absolute Gasteiger partial charge is 0.463 e. The molecule has 1 atom stereocenters. The van der Waals surface area contributed by atoms with Gasteiger partial charge in [-0.1, -0.05) is 0 Å². The second-order valence-corrected chi connectivity index (χ2v) is 14.9. The number of carbonyl (C=O) groups excluding carboxylic acids is 6. The molecule has 0 radical (unpaired) electrons. The number of nitrogens with zero attached hydrogens (tertiary/aromatic N) is 2. The summed E-state index contributed by atoms with van der Waals surface area (Å²) < 4.78 is 57.3. The molecule has 22 heteroatoms. The fourth-order valence-electron chi connectivity index (χ4n) is 7.28. The van der Waals surface area contributed by atoms with Crippen LogP contribution in [0.1, 0.15) is 64.8 Å². The molecule has 22 nitrogen and oxygen atoms in total. The normalized spacial score (nSPS) is 11.9. The zero-order valence-electron chi connectivity index (χ0n) is 35.8. The number of hydrogen-bond acceptors (Lipinski definition) is 18. The number of aliphatic hydroxyl groups is 1. The van der Waals surface area contributed by atoms with Crippen molar-refractivity contribution in [2.75, 3.05) is 33.0 Å². The van der Waals surface area contributed by atoms with E-state index in [0.717, 1.165) is 0 Å². The second-order valence-electron chi connectivity index (χ2n) is 14.9. The molecular formula is C46H39N5O17. The number of benzene rings is 1. The molecule has 8 heterocycles. The molecule has 0 amide bonds. The highest BCUT2D eigenvalue weighted by Gasteiger charge is 2.24. The van der Waals surface area contributed by atoms with Gasteiger partial charge in [-0.25, -0.2) is 24.0 Å². The summed E-state index contributed by atoms with van der Waals surface area (Å²) in [6, 6.07) is 15.8. The molecule has 8 aromatic heterocycles. The van der Waals surface area contributed by atoms with Crippen LogP contribution in [0.15, 0.2) is 103 Å². The lowest BCUT2D eigenvalue weighted by Gasteiger charge is -2.13. The molecule has 0 saturated carbocycles. The molecule has 0 spiro atoms. The van der Waals surface area contributed by atoms with Crippen molar-refractivity contribution in [3.63, 3.8) is 0 Å². The number of hydrogen-bond donors (Lipinski definition) is 4. The Morgan fingerprint density at radius 3 is 1.84 bits per heavy atom. The quantitative estimate of drug-likeness (QED) is 0.0421. The van der Waals surface area contributed by atoms with Gasteiger partial charge >= 0.3 is 35.8 Å². The van der Waals surface area contributed by atoms with Crippen LogP contribution < -0.4 is 5.73 Å². The standard InChI is InChI=1S/C46H39N5O17/c1-2-59-45(57)34-19-39-32(5-9-61-39)50(34)22-66-41(53)26-14-24(3-7-63-46(58)35-20-40-33(6-10-62-40)51(35)23-67-42(54)27(47)21-52)13-25(15-26)36-16-29-38(68-36)18-31(49-29)44(56)65-12-11-64-43(55)30-17-37-28(48-30)4-8-60-37/h4-6,8-10,13-20,27,48-49,52H,2-3,7,11-12,21-23,47H2,1H3. The molecular weight excluding hydrogens is 895 g/mol. The van der Waals surface area contributed by atoms with E-state index in [-0.39, 0.29) is 79.3 Å². The van der Waals surface area contributed by atoms with Crippen molar-refractivity contribution in [2.24, 2.45) is 5.73 Å². The highest BCUT2D eigenvalue weighted by Crippen LogP contribution is 2.31. The number of rotatable bonds is 19. The van der Waals surface area contributed by atoms with Gasteiger partial charge in [-0.2, -0.15) is 0 Å². The Morgan fingerprint density at radius 2 is 1.21 bits per heavy atom. The van der Waals surface area contributed by atoms with Gasteiger partial charge in [-0.3, -0.25) is 13.9 Å². The molecule has 9 aromatic rings. The van der Waals surface area contributed by atoms with E-state index in [1.54, 1.807) is 43.3 Å². The van der Waals surface area contributed by atoms with Crippen molar-refractivity contribution in [1.29, 1.82) is 0 Å². The van der Waals surface area contributed by atoms with Crippen molar-refractivity contribution in [3.8, 4) is 11.3 Å². The number of carbonyl (C=O) groups is 6. The van der Waals surface area contributed by atoms with E-state index in [2.05, 4.69) is 9.97 Å². The minimum absolute atomic E-state index is 0.00274. The van der Waals surface area contributed by atoms with Crippen LogP contribution in [0.3, 0.4) is 0 Å². The van der Waals surface area contributed by atoms with Crippen molar-refractivity contribution in [3.05, 3.63) is 119 Å². The van der Waals surface area contributed by atoms with Crippen molar-refractivity contribution in [2.45, 2.75) is 32.8 Å². The van der Waals surface area contributed by atoms with Crippen LogP contribution in [0, 0.1) is 0 Å². The van der Waals surface area contributed by atoms with Crippen LogP contribution in [-0.4, -0.2) is 99.1 Å². The van der Waals surface area contributed by atoms with E-state index in [4.69, 9.17) is 51.8 Å². The third-order valence-electron chi connectivity index (χ3n) is 10.6. The van der Waals surface area contributed by atoms with Crippen LogP contribution in [0.4, 0.5) is 0 Å². The number of nitrogens with one attached hydrogen (secondary N) is 2. The molecule has 0 aliphatic carbocycles.